The molecule has 1 aromatic carbocycles. The molecule has 0 fully saturated rings. The van der Waals surface area contributed by atoms with E-state index in [-0.39, 0.29) is 0 Å². The number of ether oxygens (including phenoxy) is 1. The van der Waals surface area contributed by atoms with Gasteiger partial charge in [-0.15, -0.1) is 0 Å². The van der Waals surface area contributed by atoms with Crippen LogP contribution in [0, 0.1) is 6.92 Å². The summed E-state index contributed by atoms with van der Waals surface area (Å²) >= 11 is 3.52. The fourth-order valence-electron chi connectivity index (χ4n) is 1.75. The smallest absolute Gasteiger partial charge is 0.131 e. The van der Waals surface area contributed by atoms with Crippen molar-refractivity contribution in [3.63, 3.8) is 0 Å². The maximum Gasteiger partial charge on any atom is 0.131 e. The summed E-state index contributed by atoms with van der Waals surface area (Å²) in [5.74, 6) is 0.823. The molecule has 0 radical (unpaired) electrons. The monoisotopic (exact) mass is 309 g/mol. The average molecular weight is 310 g/mol. The Labute approximate surface area is 115 Å². The van der Waals surface area contributed by atoms with E-state index in [2.05, 4.69) is 21.0 Å². The standard InChI is InChI=1S/C13H16BrN3O/c1-9-13(14)12(17(2)16-9)8-18-11-5-3-4-10(6-11)7-15/h3-6H,7-8,15H2,1-2H3. The Balaban J connectivity index is 2.11. The molecule has 1 aromatic heterocycles. The third-order valence-electron chi connectivity index (χ3n) is 2.77. The molecule has 5 heteroatoms. The minimum Gasteiger partial charge on any atom is -0.487 e. The molecule has 1 heterocycles. The van der Waals surface area contributed by atoms with Gasteiger partial charge in [-0.05, 0) is 40.5 Å². The maximum absolute atomic E-state index is 5.76. The molecule has 0 amide bonds. The largest absolute Gasteiger partial charge is 0.487 e. The molecule has 4 nitrogen and oxygen atoms in total. The van der Waals surface area contributed by atoms with E-state index in [0.29, 0.717) is 13.2 Å². The van der Waals surface area contributed by atoms with Crippen LogP contribution in [0.25, 0.3) is 0 Å². The molecule has 0 aliphatic rings. The molecule has 2 rings (SSSR count). The predicted octanol–water partition coefficient (Wildman–Crippen LogP) is 2.53. The Hall–Kier alpha value is -1.33. The number of aromatic nitrogens is 2. The fraction of sp³-hybridized carbons (Fsp3) is 0.308. The van der Waals surface area contributed by atoms with Crippen molar-refractivity contribution in [2.75, 3.05) is 0 Å². The zero-order valence-corrected chi connectivity index (χ0v) is 12.1. The van der Waals surface area contributed by atoms with Crippen molar-refractivity contribution < 1.29 is 4.74 Å². The molecule has 18 heavy (non-hydrogen) atoms. The van der Waals surface area contributed by atoms with Crippen molar-refractivity contribution in [2.24, 2.45) is 12.8 Å². The number of hydrogen-bond acceptors (Lipinski definition) is 3. The van der Waals surface area contributed by atoms with Gasteiger partial charge in [-0.2, -0.15) is 5.10 Å². The van der Waals surface area contributed by atoms with Crippen LogP contribution >= 0.6 is 15.9 Å². The molecule has 0 unspecified atom stereocenters. The Morgan fingerprint density at radius 3 is 2.83 bits per heavy atom. The van der Waals surface area contributed by atoms with Crippen molar-refractivity contribution >= 4 is 15.9 Å². The van der Waals surface area contributed by atoms with E-state index < -0.39 is 0 Å². The minimum absolute atomic E-state index is 0.478. The van der Waals surface area contributed by atoms with Gasteiger partial charge in [-0.25, -0.2) is 0 Å². The third-order valence-corrected chi connectivity index (χ3v) is 3.80. The van der Waals surface area contributed by atoms with Crippen molar-refractivity contribution in [3.05, 3.63) is 45.7 Å². The van der Waals surface area contributed by atoms with Gasteiger partial charge in [-0.1, -0.05) is 12.1 Å². The lowest BCUT2D eigenvalue weighted by Crippen LogP contribution is -2.04. The summed E-state index contributed by atoms with van der Waals surface area (Å²) in [7, 11) is 1.91. The van der Waals surface area contributed by atoms with Crippen LogP contribution in [0.5, 0.6) is 5.75 Å². The number of benzene rings is 1. The summed E-state index contributed by atoms with van der Waals surface area (Å²) in [6.45, 7) is 2.96. The van der Waals surface area contributed by atoms with Gasteiger partial charge in [0.15, 0.2) is 0 Å². The van der Waals surface area contributed by atoms with Crippen LogP contribution in [-0.4, -0.2) is 9.78 Å². The summed E-state index contributed by atoms with van der Waals surface area (Å²) in [4.78, 5) is 0. The number of aryl methyl sites for hydroxylation is 2. The highest BCUT2D eigenvalue weighted by molar-refractivity contribution is 9.10. The summed E-state index contributed by atoms with van der Waals surface area (Å²) in [6, 6.07) is 7.81. The summed E-state index contributed by atoms with van der Waals surface area (Å²) in [6.07, 6.45) is 0. The number of rotatable bonds is 4. The van der Waals surface area contributed by atoms with E-state index in [0.717, 1.165) is 27.2 Å². The second kappa shape index (κ2) is 5.54. The topological polar surface area (TPSA) is 53.1 Å². The Morgan fingerprint density at radius 2 is 2.22 bits per heavy atom. The highest BCUT2D eigenvalue weighted by atomic mass is 79.9. The summed E-state index contributed by atoms with van der Waals surface area (Å²) < 4.78 is 8.59. The second-order valence-electron chi connectivity index (χ2n) is 4.11. The zero-order chi connectivity index (χ0) is 13.1. The number of halogens is 1. The Morgan fingerprint density at radius 1 is 1.44 bits per heavy atom. The van der Waals surface area contributed by atoms with Crippen LogP contribution < -0.4 is 10.5 Å². The fourth-order valence-corrected chi connectivity index (χ4v) is 2.20. The van der Waals surface area contributed by atoms with Crippen molar-refractivity contribution in [3.8, 4) is 5.75 Å². The molecule has 0 bridgehead atoms. The van der Waals surface area contributed by atoms with Crippen LogP contribution in [-0.2, 0) is 20.2 Å². The van der Waals surface area contributed by atoms with Gasteiger partial charge >= 0.3 is 0 Å². The van der Waals surface area contributed by atoms with E-state index in [1.165, 1.54) is 0 Å². The van der Waals surface area contributed by atoms with E-state index in [9.17, 15) is 0 Å². The van der Waals surface area contributed by atoms with E-state index in [1.54, 1.807) is 0 Å². The first-order valence-corrected chi connectivity index (χ1v) is 6.51. The SMILES string of the molecule is Cc1nn(C)c(COc2cccc(CN)c2)c1Br. The molecule has 0 saturated heterocycles. The van der Waals surface area contributed by atoms with Gasteiger partial charge in [0.25, 0.3) is 0 Å². The molecule has 96 valence electrons. The molecule has 2 aromatic rings. The third kappa shape index (κ3) is 2.73. The molecular formula is C13H16BrN3O. The van der Waals surface area contributed by atoms with Crippen molar-refractivity contribution in [1.29, 1.82) is 0 Å². The van der Waals surface area contributed by atoms with Gasteiger partial charge < -0.3 is 10.5 Å². The van der Waals surface area contributed by atoms with Crippen LogP contribution in [0.15, 0.2) is 28.7 Å². The quantitative estimate of drug-likeness (QED) is 0.944. The molecule has 0 aliphatic carbocycles. The number of hydrogen-bond donors (Lipinski definition) is 1. The minimum atomic E-state index is 0.478. The molecular weight excluding hydrogens is 294 g/mol. The lowest BCUT2D eigenvalue weighted by Gasteiger charge is -2.08. The first-order chi connectivity index (χ1) is 8.61. The summed E-state index contributed by atoms with van der Waals surface area (Å²) in [5.41, 5.74) is 8.65. The van der Waals surface area contributed by atoms with E-state index in [1.807, 2.05) is 42.9 Å². The second-order valence-corrected chi connectivity index (χ2v) is 4.90. The lowest BCUT2D eigenvalue weighted by atomic mass is 10.2. The van der Waals surface area contributed by atoms with Gasteiger partial charge in [0.1, 0.15) is 12.4 Å². The van der Waals surface area contributed by atoms with Crippen LogP contribution in [0.3, 0.4) is 0 Å². The molecule has 0 saturated carbocycles. The van der Waals surface area contributed by atoms with E-state index >= 15 is 0 Å². The maximum atomic E-state index is 5.76. The highest BCUT2D eigenvalue weighted by Crippen LogP contribution is 2.22. The van der Waals surface area contributed by atoms with Crippen LogP contribution in [0.1, 0.15) is 17.0 Å². The van der Waals surface area contributed by atoms with Gasteiger partial charge in [-0.3, -0.25) is 4.68 Å². The molecule has 2 N–H and O–H groups in total. The first kappa shape index (κ1) is 13.1. The normalized spacial score (nSPS) is 10.7. The van der Waals surface area contributed by atoms with Crippen LogP contribution in [0.2, 0.25) is 0 Å². The van der Waals surface area contributed by atoms with Crippen molar-refractivity contribution in [2.45, 2.75) is 20.1 Å². The summed E-state index contributed by atoms with van der Waals surface area (Å²) in [5, 5.41) is 4.33. The highest BCUT2D eigenvalue weighted by Gasteiger charge is 2.11. The lowest BCUT2D eigenvalue weighted by molar-refractivity contribution is 0.294. The number of nitrogens with zero attached hydrogens (tertiary/aromatic N) is 2. The Kier molecular flexibility index (Phi) is 4.04. The van der Waals surface area contributed by atoms with Gasteiger partial charge in [0.05, 0.1) is 15.9 Å². The van der Waals surface area contributed by atoms with Crippen molar-refractivity contribution in [1.82, 2.24) is 9.78 Å². The number of nitrogens with two attached hydrogens (primary N) is 1. The zero-order valence-electron chi connectivity index (χ0n) is 10.5. The van der Waals surface area contributed by atoms with E-state index in [4.69, 9.17) is 10.5 Å². The average Bonchev–Trinajstić information content (AvgIpc) is 2.61. The molecule has 0 aliphatic heterocycles. The van der Waals surface area contributed by atoms with Gasteiger partial charge in [0.2, 0.25) is 0 Å². The predicted molar refractivity (Wildman–Crippen MR) is 74.3 cm³/mol. The molecule has 0 spiro atoms. The first-order valence-electron chi connectivity index (χ1n) is 5.71. The molecule has 0 atom stereocenters. The Bertz CT molecular complexity index is 551. The van der Waals surface area contributed by atoms with Crippen LogP contribution in [0.4, 0.5) is 0 Å². The van der Waals surface area contributed by atoms with Gasteiger partial charge in [0, 0.05) is 13.6 Å².